The Kier molecular flexibility index (Phi) is 6.10. The summed E-state index contributed by atoms with van der Waals surface area (Å²) in [4.78, 5) is 10.1. The van der Waals surface area contributed by atoms with Crippen molar-refractivity contribution in [2.75, 3.05) is 18.9 Å². The van der Waals surface area contributed by atoms with Crippen LogP contribution in [0.1, 0.15) is 26.7 Å². The van der Waals surface area contributed by atoms with Crippen LogP contribution in [0.5, 0.6) is 0 Å². The Morgan fingerprint density at radius 3 is 2.52 bits per heavy atom. The molecular weight excluding hydrogens is 294 g/mol. The lowest BCUT2D eigenvalue weighted by Gasteiger charge is -2.10. The van der Waals surface area contributed by atoms with E-state index in [1.165, 1.54) is 25.2 Å². The Bertz CT molecular complexity index is 599. The normalized spacial score (nSPS) is 11.6. The van der Waals surface area contributed by atoms with Gasteiger partial charge in [-0.25, -0.2) is 13.1 Å². The van der Waals surface area contributed by atoms with Gasteiger partial charge in [-0.3, -0.25) is 10.1 Å². The van der Waals surface area contributed by atoms with E-state index in [9.17, 15) is 18.5 Å². The van der Waals surface area contributed by atoms with Crippen LogP contribution in [-0.4, -0.2) is 26.9 Å². The van der Waals surface area contributed by atoms with E-state index in [2.05, 4.69) is 23.9 Å². The van der Waals surface area contributed by atoms with Gasteiger partial charge < -0.3 is 5.32 Å². The highest BCUT2D eigenvalue weighted by atomic mass is 32.2. The molecule has 0 amide bonds. The summed E-state index contributed by atoms with van der Waals surface area (Å²) >= 11 is 0. The van der Waals surface area contributed by atoms with Crippen molar-refractivity contribution in [3.05, 3.63) is 28.3 Å². The molecule has 21 heavy (non-hydrogen) atoms. The topological polar surface area (TPSA) is 101 Å². The Morgan fingerprint density at radius 1 is 1.33 bits per heavy atom. The molecule has 1 aromatic carbocycles. The lowest BCUT2D eigenvalue weighted by atomic mass is 10.1. The molecule has 0 saturated heterocycles. The summed E-state index contributed by atoms with van der Waals surface area (Å²) in [6.07, 6.45) is 1.58. The molecule has 0 unspecified atom stereocenters. The number of nitro benzene ring substituents is 1. The lowest BCUT2D eigenvalue weighted by Crippen LogP contribution is -2.26. The molecular formula is C13H21N3O4S. The monoisotopic (exact) mass is 315 g/mol. The largest absolute Gasteiger partial charge is 0.383 e. The molecule has 0 saturated carbocycles. The van der Waals surface area contributed by atoms with Crippen molar-refractivity contribution >= 4 is 21.4 Å². The van der Waals surface area contributed by atoms with Crippen molar-refractivity contribution in [2.45, 2.75) is 31.6 Å². The van der Waals surface area contributed by atoms with Crippen LogP contribution in [0.2, 0.25) is 0 Å². The summed E-state index contributed by atoms with van der Waals surface area (Å²) in [5.41, 5.74) is -0.263. The number of nitro groups is 1. The minimum Gasteiger partial charge on any atom is -0.383 e. The van der Waals surface area contributed by atoms with Crippen LogP contribution in [0.15, 0.2) is 23.1 Å². The number of hydrogen-bond acceptors (Lipinski definition) is 5. The van der Waals surface area contributed by atoms with Crippen LogP contribution >= 0.6 is 0 Å². The van der Waals surface area contributed by atoms with E-state index in [1.807, 2.05) is 0 Å². The number of benzene rings is 1. The molecule has 0 atom stereocenters. The number of nitrogens with zero attached hydrogens (tertiary/aromatic N) is 1. The van der Waals surface area contributed by atoms with Crippen molar-refractivity contribution in [3.8, 4) is 0 Å². The third-order valence-corrected chi connectivity index (χ3v) is 4.48. The number of para-hydroxylation sites is 1. The minimum atomic E-state index is -3.90. The average Bonchev–Trinajstić information content (AvgIpc) is 2.42. The molecule has 1 rings (SSSR count). The van der Waals surface area contributed by atoms with Crippen LogP contribution < -0.4 is 10.0 Å². The summed E-state index contributed by atoms with van der Waals surface area (Å²) in [5, 5.41) is 13.8. The third-order valence-electron chi connectivity index (χ3n) is 2.99. The van der Waals surface area contributed by atoms with Gasteiger partial charge in [-0.15, -0.1) is 0 Å². The van der Waals surface area contributed by atoms with Gasteiger partial charge in [-0.1, -0.05) is 19.9 Å². The van der Waals surface area contributed by atoms with E-state index in [0.29, 0.717) is 12.3 Å². The second kappa shape index (κ2) is 7.37. The number of sulfonamides is 1. The summed E-state index contributed by atoms with van der Waals surface area (Å²) in [5.74, 6) is 0.483. The lowest BCUT2D eigenvalue weighted by molar-refractivity contribution is -0.386. The molecule has 0 fully saturated rings. The van der Waals surface area contributed by atoms with E-state index in [-0.39, 0.29) is 17.1 Å². The maximum Gasteiger partial charge on any atom is 0.312 e. The first kappa shape index (κ1) is 17.4. The quantitative estimate of drug-likeness (QED) is 0.435. The Hall–Kier alpha value is -1.67. The average molecular weight is 315 g/mol. The van der Waals surface area contributed by atoms with E-state index in [4.69, 9.17) is 0 Å². The van der Waals surface area contributed by atoms with Gasteiger partial charge in [0.25, 0.3) is 0 Å². The first-order valence-electron chi connectivity index (χ1n) is 6.74. The highest BCUT2D eigenvalue weighted by Crippen LogP contribution is 2.31. The van der Waals surface area contributed by atoms with Crippen molar-refractivity contribution in [1.29, 1.82) is 0 Å². The second-order valence-corrected chi connectivity index (χ2v) is 6.83. The predicted molar refractivity (Wildman–Crippen MR) is 81.9 cm³/mol. The summed E-state index contributed by atoms with van der Waals surface area (Å²) < 4.78 is 26.9. The maximum absolute atomic E-state index is 12.2. The molecule has 0 spiro atoms. The highest BCUT2D eigenvalue weighted by Gasteiger charge is 2.28. The zero-order chi connectivity index (χ0) is 16.0. The third kappa shape index (κ3) is 4.68. The predicted octanol–water partition coefficient (Wildman–Crippen LogP) is 2.35. The van der Waals surface area contributed by atoms with Crippen LogP contribution in [0, 0.1) is 16.0 Å². The Balaban J connectivity index is 3.00. The molecule has 0 aliphatic rings. The van der Waals surface area contributed by atoms with Gasteiger partial charge in [-0.05, 0) is 30.9 Å². The summed E-state index contributed by atoms with van der Waals surface area (Å²) in [6.45, 7) is 4.37. The molecule has 0 aromatic heterocycles. The van der Waals surface area contributed by atoms with Crippen molar-refractivity contribution in [1.82, 2.24) is 4.72 Å². The Morgan fingerprint density at radius 2 is 2.00 bits per heavy atom. The minimum absolute atomic E-state index is 0.171. The van der Waals surface area contributed by atoms with E-state index >= 15 is 0 Å². The van der Waals surface area contributed by atoms with Gasteiger partial charge in [0.2, 0.25) is 10.0 Å². The van der Waals surface area contributed by atoms with Gasteiger partial charge in [0.05, 0.1) is 4.92 Å². The number of anilines is 1. The van der Waals surface area contributed by atoms with Crippen LogP contribution in [0.3, 0.4) is 0 Å². The first-order chi connectivity index (χ1) is 9.79. The first-order valence-corrected chi connectivity index (χ1v) is 8.22. The van der Waals surface area contributed by atoms with Crippen LogP contribution in [0.4, 0.5) is 11.4 Å². The van der Waals surface area contributed by atoms with Crippen molar-refractivity contribution < 1.29 is 13.3 Å². The molecule has 118 valence electrons. The van der Waals surface area contributed by atoms with Crippen LogP contribution in [0.25, 0.3) is 0 Å². The fourth-order valence-corrected chi connectivity index (χ4v) is 3.19. The summed E-state index contributed by atoms with van der Waals surface area (Å²) in [7, 11) is -2.39. The molecule has 8 heteroatoms. The summed E-state index contributed by atoms with van der Waals surface area (Å²) in [6, 6.07) is 4.18. The Labute approximate surface area is 124 Å². The molecule has 7 nitrogen and oxygen atoms in total. The smallest absolute Gasteiger partial charge is 0.312 e. The van der Waals surface area contributed by atoms with Gasteiger partial charge in [-0.2, -0.15) is 0 Å². The maximum atomic E-state index is 12.2. The van der Waals surface area contributed by atoms with Gasteiger partial charge in [0.1, 0.15) is 5.69 Å². The molecule has 0 aliphatic carbocycles. The SMILES string of the molecule is CNc1cccc(S(=O)(=O)NCCCC(C)C)c1[N+](=O)[O-]. The van der Waals surface area contributed by atoms with Crippen molar-refractivity contribution in [2.24, 2.45) is 5.92 Å². The molecule has 0 aliphatic heterocycles. The number of rotatable bonds is 8. The number of nitrogens with one attached hydrogen (secondary N) is 2. The zero-order valence-electron chi connectivity index (χ0n) is 12.4. The molecule has 0 heterocycles. The number of hydrogen-bond donors (Lipinski definition) is 2. The molecule has 0 bridgehead atoms. The van der Waals surface area contributed by atoms with E-state index in [1.54, 1.807) is 0 Å². The van der Waals surface area contributed by atoms with Crippen molar-refractivity contribution in [3.63, 3.8) is 0 Å². The highest BCUT2D eigenvalue weighted by molar-refractivity contribution is 7.89. The zero-order valence-corrected chi connectivity index (χ0v) is 13.2. The standard InChI is InChI=1S/C13H21N3O4S/c1-10(2)6-5-9-15-21(19,20)12-8-4-7-11(14-3)13(12)16(17)18/h4,7-8,10,14-15H,5-6,9H2,1-3H3. The fraction of sp³-hybridized carbons (Fsp3) is 0.538. The second-order valence-electron chi connectivity index (χ2n) is 5.09. The van der Waals surface area contributed by atoms with Gasteiger partial charge in [0.15, 0.2) is 4.90 Å². The van der Waals surface area contributed by atoms with Crippen LogP contribution in [-0.2, 0) is 10.0 Å². The molecule has 0 radical (unpaired) electrons. The fourth-order valence-electron chi connectivity index (χ4n) is 1.92. The van der Waals surface area contributed by atoms with Gasteiger partial charge >= 0.3 is 5.69 Å². The molecule has 2 N–H and O–H groups in total. The van der Waals surface area contributed by atoms with Gasteiger partial charge in [0, 0.05) is 13.6 Å². The molecule has 1 aromatic rings. The van der Waals surface area contributed by atoms with E-state index in [0.717, 1.165) is 6.42 Å². The van der Waals surface area contributed by atoms with E-state index < -0.39 is 20.6 Å².